The van der Waals surface area contributed by atoms with Crippen LogP contribution in [0.2, 0.25) is 0 Å². The topological polar surface area (TPSA) is 81.8 Å². The van der Waals surface area contributed by atoms with Gasteiger partial charge in [0, 0.05) is 13.6 Å². The third-order valence-corrected chi connectivity index (χ3v) is 6.08. The fraction of sp³-hybridized carbons (Fsp3) is 0.250. The fourth-order valence-corrected chi connectivity index (χ4v) is 4.13. The number of aryl methyl sites for hydroxylation is 3. The maximum atomic E-state index is 13.2. The Balaban J connectivity index is 1.53. The minimum Gasteiger partial charge on any atom is -0.351 e. The number of nitrogens with zero attached hydrogens (tertiary/aromatic N) is 4. The Morgan fingerprint density at radius 1 is 1.00 bits per heavy atom. The molecule has 0 saturated heterocycles. The first-order valence-corrected chi connectivity index (χ1v) is 11.3. The number of carbonyl (C=O) groups is 1. The molecule has 0 fully saturated rings. The molecule has 0 spiro atoms. The normalized spacial score (nSPS) is 11.1. The SMILES string of the molecule is Cc1ccc(CNC(=O)CSc2nc3cn(C)nc3c(=O)n2Cc2ccc(C)cc2)cc1. The third kappa shape index (κ3) is 5.08. The second-order valence-electron chi connectivity index (χ2n) is 7.86. The van der Waals surface area contributed by atoms with Crippen LogP contribution in [0.5, 0.6) is 0 Å². The van der Waals surface area contributed by atoms with Crippen LogP contribution in [0.15, 0.2) is 64.7 Å². The van der Waals surface area contributed by atoms with E-state index < -0.39 is 0 Å². The number of carbonyl (C=O) groups excluding carboxylic acids is 1. The summed E-state index contributed by atoms with van der Waals surface area (Å²) >= 11 is 1.26. The van der Waals surface area contributed by atoms with Gasteiger partial charge in [-0.15, -0.1) is 0 Å². The van der Waals surface area contributed by atoms with E-state index in [1.807, 2.05) is 62.4 Å². The smallest absolute Gasteiger partial charge is 0.282 e. The molecule has 32 heavy (non-hydrogen) atoms. The van der Waals surface area contributed by atoms with Gasteiger partial charge in [0.2, 0.25) is 5.91 Å². The average Bonchev–Trinajstić information content (AvgIpc) is 3.16. The summed E-state index contributed by atoms with van der Waals surface area (Å²) in [5.74, 6) is 0.0517. The summed E-state index contributed by atoms with van der Waals surface area (Å²) in [6.07, 6.45) is 1.72. The van der Waals surface area contributed by atoms with E-state index in [0.717, 1.165) is 16.7 Å². The van der Waals surface area contributed by atoms with Gasteiger partial charge in [0.1, 0.15) is 5.52 Å². The fourth-order valence-electron chi connectivity index (χ4n) is 3.30. The molecule has 0 saturated carbocycles. The first-order valence-electron chi connectivity index (χ1n) is 10.3. The second-order valence-corrected chi connectivity index (χ2v) is 8.80. The molecule has 0 bridgehead atoms. The molecule has 0 aliphatic rings. The summed E-state index contributed by atoms with van der Waals surface area (Å²) < 4.78 is 3.18. The molecule has 1 amide bonds. The number of benzene rings is 2. The highest BCUT2D eigenvalue weighted by atomic mass is 32.2. The van der Waals surface area contributed by atoms with Crippen LogP contribution in [0.3, 0.4) is 0 Å². The molecule has 0 atom stereocenters. The van der Waals surface area contributed by atoms with E-state index in [-0.39, 0.29) is 17.2 Å². The Labute approximate surface area is 190 Å². The number of thioether (sulfide) groups is 1. The predicted molar refractivity (Wildman–Crippen MR) is 127 cm³/mol. The van der Waals surface area contributed by atoms with Gasteiger partial charge in [0.05, 0.1) is 18.5 Å². The van der Waals surface area contributed by atoms with Crippen molar-refractivity contribution >= 4 is 28.7 Å². The molecule has 0 radical (unpaired) electrons. The van der Waals surface area contributed by atoms with E-state index in [2.05, 4.69) is 15.4 Å². The van der Waals surface area contributed by atoms with Gasteiger partial charge < -0.3 is 5.32 Å². The van der Waals surface area contributed by atoms with E-state index in [0.29, 0.717) is 29.3 Å². The first kappa shape index (κ1) is 21.8. The quantitative estimate of drug-likeness (QED) is 0.348. The van der Waals surface area contributed by atoms with Crippen molar-refractivity contribution in [2.24, 2.45) is 7.05 Å². The predicted octanol–water partition coefficient (Wildman–Crippen LogP) is 3.20. The molecular weight excluding hydrogens is 422 g/mol. The minimum absolute atomic E-state index is 0.113. The highest BCUT2D eigenvalue weighted by Gasteiger charge is 2.16. The van der Waals surface area contributed by atoms with Crippen LogP contribution in [0.1, 0.15) is 22.3 Å². The zero-order valence-corrected chi connectivity index (χ0v) is 19.1. The number of hydrogen-bond acceptors (Lipinski definition) is 5. The van der Waals surface area contributed by atoms with E-state index >= 15 is 0 Å². The lowest BCUT2D eigenvalue weighted by molar-refractivity contribution is -0.118. The van der Waals surface area contributed by atoms with Crippen molar-refractivity contribution in [1.82, 2.24) is 24.6 Å². The zero-order valence-electron chi connectivity index (χ0n) is 18.3. The van der Waals surface area contributed by atoms with Crippen molar-refractivity contribution in [3.05, 3.63) is 87.3 Å². The van der Waals surface area contributed by atoms with Gasteiger partial charge in [-0.05, 0) is 25.0 Å². The van der Waals surface area contributed by atoms with Crippen LogP contribution in [-0.2, 0) is 24.9 Å². The molecule has 164 valence electrons. The summed E-state index contributed by atoms with van der Waals surface area (Å²) in [5.41, 5.74) is 5.01. The molecule has 2 aromatic heterocycles. The van der Waals surface area contributed by atoms with Crippen molar-refractivity contribution in [3.8, 4) is 0 Å². The monoisotopic (exact) mass is 447 g/mol. The molecule has 4 rings (SSSR count). The maximum Gasteiger partial charge on any atom is 0.282 e. The van der Waals surface area contributed by atoms with E-state index in [1.165, 1.54) is 17.3 Å². The molecule has 0 aliphatic carbocycles. The first-order chi connectivity index (χ1) is 15.4. The molecule has 8 heteroatoms. The van der Waals surface area contributed by atoms with Crippen LogP contribution in [0, 0.1) is 13.8 Å². The third-order valence-electron chi connectivity index (χ3n) is 5.11. The number of nitrogens with one attached hydrogen (secondary N) is 1. The van der Waals surface area contributed by atoms with Crippen LogP contribution in [0.25, 0.3) is 11.0 Å². The van der Waals surface area contributed by atoms with E-state index in [4.69, 9.17) is 0 Å². The summed E-state index contributed by atoms with van der Waals surface area (Å²) in [5, 5.41) is 7.70. The molecule has 4 aromatic rings. The molecule has 0 unspecified atom stereocenters. The zero-order chi connectivity index (χ0) is 22.7. The van der Waals surface area contributed by atoms with Gasteiger partial charge in [0.25, 0.3) is 5.56 Å². The number of amides is 1. The molecule has 1 N–H and O–H groups in total. The Kier molecular flexibility index (Phi) is 6.41. The van der Waals surface area contributed by atoms with E-state index in [1.54, 1.807) is 22.5 Å². The largest absolute Gasteiger partial charge is 0.351 e. The summed E-state index contributed by atoms with van der Waals surface area (Å²) in [6.45, 7) is 4.88. The second kappa shape index (κ2) is 9.40. The van der Waals surface area contributed by atoms with Crippen LogP contribution in [-0.4, -0.2) is 31.0 Å². The molecule has 2 aromatic carbocycles. The standard InChI is InChI=1S/C24H25N5O2S/c1-16-4-8-18(9-5-16)12-25-21(30)15-32-24-26-20-14-28(3)27-22(20)23(31)29(24)13-19-10-6-17(2)7-11-19/h4-11,14H,12-13,15H2,1-3H3,(H,25,30). The van der Waals surface area contributed by atoms with Crippen molar-refractivity contribution < 1.29 is 4.79 Å². The van der Waals surface area contributed by atoms with Crippen LogP contribution in [0.4, 0.5) is 0 Å². The Bertz CT molecular complexity index is 1310. The maximum absolute atomic E-state index is 13.2. The highest BCUT2D eigenvalue weighted by molar-refractivity contribution is 7.99. The van der Waals surface area contributed by atoms with Crippen molar-refractivity contribution in [2.75, 3.05) is 5.75 Å². The Hall–Kier alpha value is -3.39. The van der Waals surface area contributed by atoms with Gasteiger partial charge in [-0.3, -0.25) is 18.8 Å². The van der Waals surface area contributed by atoms with Gasteiger partial charge >= 0.3 is 0 Å². The Morgan fingerprint density at radius 3 is 2.28 bits per heavy atom. The van der Waals surface area contributed by atoms with Crippen molar-refractivity contribution in [2.45, 2.75) is 32.1 Å². The van der Waals surface area contributed by atoms with Crippen LogP contribution >= 0.6 is 11.8 Å². The summed E-state index contributed by atoms with van der Waals surface area (Å²) in [4.78, 5) is 30.2. The average molecular weight is 448 g/mol. The van der Waals surface area contributed by atoms with Gasteiger partial charge in [0.15, 0.2) is 10.7 Å². The molecule has 2 heterocycles. The van der Waals surface area contributed by atoms with Gasteiger partial charge in [-0.1, -0.05) is 71.4 Å². The summed E-state index contributed by atoms with van der Waals surface area (Å²) in [7, 11) is 1.76. The molecule has 0 aliphatic heterocycles. The van der Waals surface area contributed by atoms with Crippen molar-refractivity contribution in [3.63, 3.8) is 0 Å². The Morgan fingerprint density at radius 2 is 1.62 bits per heavy atom. The number of hydrogen-bond donors (Lipinski definition) is 1. The van der Waals surface area contributed by atoms with E-state index in [9.17, 15) is 9.59 Å². The highest BCUT2D eigenvalue weighted by Crippen LogP contribution is 2.18. The minimum atomic E-state index is -0.210. The number of aromatic nitrogens is 4. The number of rotatable bonds is 7. The van der Waals surface area contributed by atoms with Gasteiger partial charge in [-0.25, -0.2) is 4.98 Å². The van der Waals surface area contributed by atoms with Gasteiger partial charge in [-0.2, -0.15) is 5.10 Å². The van der Waals surface area contributed by atoms with Crippen LogP contribution < -0.4 is 10.9 Å². The lowest BCUT2D eigenvalue weighted by Crippen LogP contribution is -2.27. The van der Waals surface area contributed by atoms with Crippen molar-refractivity contribution in [1.29, 1.82) is 0 Å². The molecule has 7 nitrogen and oxygen atoms in total. The summed E-state index contributed by atoms with van der Waals surface area (Å²) in [6, 6.07) is 16.1. The molecular formula is C24H25N5O2S. The lowest BCUT2D eigenvalue weighted by atomic mass is 10.1. The number of fused-ring (bicyclic) bond motifs is 1. The lowest BCUT2D eigenvalue weighted by Gasteiger charge is -2.12.